The average Bonchev–Trinajstić information content (AvgIpc) is 3.38. The zero-order valence-electron chi connectivity index (χ0n) is 26.0. The van der Waals surface area contributed by atoms with E-state index in [4.69, 9.17) is 51.8 Å². The second-order valence-electron chi connectivity index (χ2n) is 11.3. The zero-order chi connectivity index (χ0) is 31.2. The van der Waals surface area contributed by atoms with E-state index in [1.54, 1.807) is 23.2 Å². The van der Waals surface area contributed by atoms with E-state index in [2.05, 4.69) is 24.1 Å². The van der Waals surface area contributed by atoms with Crippen molar-refractivity contribution in [1.29, 1.82) is 0 Å². The summed E-state index contributed by atoms with van der Waals surface area (Å²) >= 11 is 0. The van der Waals surface area contributed by atoms with Crippen LogP contribution in [-0.2, 0) is 10.0 Å². The summed E-state index contributed by atoms with van der Waals surface area (Å²) in [5, 5.41) is -3.46. The highest BCUT2D eigenvalue weighted by Crippen LogP contribution is 2.39. The van der Waals surface area contributed by atoms with Gasteiger partial charge in [-0.25, -0.2) is 0 Å². The molecule has 0 bridgehead atoms. The Labute approximate surface area is 263 Å². The van der Waals surface area contributed by atoms with Crippen LogP contribution < -0.4 is 4.74 Å². The first-order valence-corrected chi connectivity index (χ1v) is 15.6. The van der Waals surface area contributed by atoms with Gasteiger partial charge in [-0.05, 0) is 62.9 Å². The molecule has 0 unspecified atom stereocenters. The first-order chi connectivity index (χ1) is 19.9. The lowest BCUT2D eigenvalue weighted by Gasteiger charge is -2.51. The molecule has 0 aliphatic rings. The zero-order valence-corrected chi connectivity index (χ0v) is 26.0. The Morgan fingerprint density at radius 3 is 2.07 bits per heavy atom. The lowest BCUT2D eigenvalue weighted by atomic mass is 9.31. The molecule has 2 rings (SSSR count). The van der Waals surface area contributed by atoms with Gasteiger partial charge in [0.15, 0.2) is 0 Å². The molecule has 0 spiro atoms. The van der Waals surface area contributed by atoms with Crippen LogP contribution in [0.4, 0.5) is 0 Å². The lowest BCUT2D eigenvalue weighted by molar-refractivity contribution is -0.134. The molecule has 12 radical (unpaired) electrons. The van der Waals surface area contributed by atoms with Gasteiger partial charge in [0.25, 0.3) is 0 Å². The number of nitrogens with zero attached hydrogens (tertiary/aromatic N) is 1. The Morgan fingerprint density at radius 2 is 1.45 bits per heavy atom. The summed E-state index contributed by atoms with van der Waals surface area (Å²) < 4.78 is 5.78. The summed E-state index contributed by atoms with van der Waals surface area (Å²) in [6.45, 7) is 7.21. The fraction of sp³-hybridized carbons (Fsp3) is 0.594. The van der Waals surface area contributed by atoms with E-state index >= 15 is 0 Å². The van der Waals surface area contributed by atoms with Gasteiger partial charge in [-0.1, -0.05) is 99.0 Å². The molecular formula is C32H44B6N2O2. The maximum Gasteiger partial charge on any atom is 0.311 e. The van der Waals surface area contributed by atoms with Gasteiger partial charge in [0, 0.05) is 23.5 Å². The van der Waals surface area contributed by atoms with Gasteiger partial charge in [-0.15, -0.1) is 0 Å². The minimum absolute atomic E-state index is 0.308. The van der Waals surface area contributed by atoms with Crippen LogP contribution in [0.15, 0.2) is 48.7 Å². The van der Waals surface area contributed by atoms with Gasteiger partial charge in [-0.2, -0.15) is 0 Å². The monoisotopic (exact) mass is 554 g/mol. The Morgan fingerprint density at radius 1 is 0.857 bits per heavy atom. The number of aromatic nitrogens is 1. The molecule has 1 heterocycles. The number of aromatic amines is 1. The average molecular weight is 554 g/mol. The number of rotatable bonds is 20. The van der Waals surface area contributed by atoms with Gasteiger partial charge in [0.2, 0.25) is 0 Å². The molecule has 1 N–H and O–H groups in total. The van der Waals surface area contributed by atoms with Crippen molar-refractivity contribution in [1.82, 2.24) is 9.88 Å². The third kappa shape index (κ3) is 10.4. The molecule has 0 fully saturated rings. The highest BCUT2D eigenvalue weighted by Gasteiger charge is 2.41. The van der Waals surface area contributed by atoms with Crippen LogP contribution in [0.5, 0.6) is 5.75 Å². The van der Waals surface area contributed by atoms with Crippen molar-refractivity contribution in [3.63, 3.8) is 0 Å². The minimum atomic E-state index is -1.63. The van der Waals surface area contributed by atoms with E-state index in [1.165, 1.54) is 19.3 Å². The molecule has 212 valence electrons. The number of unbranched alkanes of at least 4 members (excludes halogenated alkanes) is 8. The summed E-state index contributed by atoms with van der Waals surface area (Å²) in [7, 11) is 38.4. The van der Waals surface area contributed by atoms with Crippen molar-refractivity contribution in [2.45, 2.75) is 107 Å². The molecule has 4 nitrogen and oxygen atoms in total. The maximum absolute atomic E-state index is 12.7. The number of likely N-dealkylation sites (N-methyl/N-ethyl adjacent to an activating group) is 1. The molecule has 42 heavy (non-hydrogen) atoms. The van der Waals surface area contributed by atoms with Crippen molar-refractivity contribution >= 4 is 63.9 Å². The fourth-order valence-corrected chi connectivity index (χ4v) is 5.17. The van der Waals surface area contributed by atoms with Crippen LogP contribution >= 0.6 is 0 Å². The van der Waals surface area contributed by atoms with E-state index in [0.717, 1.165) is 50.5 Å². The quantitative estimate of drug-likeness (QED) is 0.0745. The summed E-state index contributed by atoms with van der Waals surface area (Å²) in [6.07, 6.45) is 20.3. The van der Waals surface area contributed by atoms with Gasteiger partial charge < -0.3 is 14.6 Å². The van der Waals surface area contributed by atoms with E-state index in [9.17, 15) is 4.79 Å². The number of benzene rings is 1. The number of H-pyrrole nitrogens is 1. The molecule has 1 aromatic heterocycles. The predicted octanol–water partition coefficient (Wildman–Crippen LogP) is 5.77. The summed E-state index contributed by atoms with van der Waals surface area (Å²) in [5.41, 5.74) is 1.21. The number of allylic oxidation sites excluding steroid dienone is 4. The van der Waals surface area contributed by atoms with Crippen molar-refractivity contribution < 1.29 is 9.53 Å². The number of hydrogen-bond acceptors (Lipinski definition) is 3. The topological polar surface area (TPSA) is 45.3 Å². The van der Waals surface area contributed by atoms with Gasteiger partial charge in [0.1, 0.15) is 5.75 Å². The first-order valence-electron chi connectivity index (χ1n) is 15.6. The van der Waals surface area contributed by atoms with E-state index in [-0.39, 0.29) is 5.97 Å². The number of carbonyl (C=O) groups is 1. The SMILES string of the molecule is [B]C([B])(/C=C\CCCCC)/C=C\CCCCCCCC(=O)Oc1cccc2[nH]cc(C([B])([B])C([B])([B])N(CC)CC)c12. The standard InChI is InChI=1S/C32H44B6N2O2/c1-4-7-8-13-16-22-30(33,34)23-17-14-11-9-10-12-15-21-28(41)42-27-20-18-19-26-29(27)25(24-39-26)31(35,36)32(37,38)40(5-2)6-3/h16-20,22-24,39H,4-15,21H2,1-3H3/b22-16-,23-17-. The van der Waals surface area contributed by atoms with Crippen molar-refractivity contribution in [3.8, 4) is 5.75 Å². The second kappa shape index (κ2) is 17.4. The summed E-state index contributed by atoms with van der Waals surface area (Å²) in [5.74, 6) is 0.0700. The highest BCUT2D eigenvalue weighted by atomic mass is 16.5. The third-order valence-corrected chi connectivity index (χ3v) is 7.83. The number of hydrogen-bond donors (Lipinski definition) is 1. The van der Waals surface area contributed by atoms with Crippen molar-refractivity contribution in [2.24, 2.45) is 0 Å². The molecule has 0 aliphatic carbocycles. The number of carbonyl (C=O) groups excluding carboxylic acids is 1. The molecule has 2 aromatic rings. The molecule has 1 aromatic carbocycles. The number of nitrogens with one attached hydrogen (secondary N) is 1. The van der Waals surface area contributed by atoms with Gasteiger partial charge >= 0.3 is 5.97 Å². The van der Waals surface area contributed by atoms with Crippen LogP contribution in [0.1, 0.15) is 97.0 Å². The fourth-order valence-electron chi connectivity index (χ4n) is 5.17. The largest absolute Gasteiger partial charge is 0.426 e. The van der Waals surface area contributed by atoms with E-state index in [1.807, 2.05) is 32.1 Å². The Balaban J connectivity index is 1.83. The smallest absolute Gasteiger partial charge is 0.311 e. The van der Waals surface area contributed by atoms with Crippen molar-refractivity contribution in [3.05, 3.63) is 54.3 Å². The van der Waals surface area contributed by atoms with Gasteiger partial charge in [-0.3, -0.25) is 4.79 Å². The highest BCUT2D eigenvalue weighted by molar-refractivity contribution is 6.54. The predicted molar refractivity (Wildman–Crippen MR) is 183 cm³/mol. The van der Waals surface area contributed by atoms with Crippen LogP contribution in [-0.4, -0.2) is 81.4 Å². The number of fused-ring (bicyclic) bond motifs is 1. The maximum atomic E-state index is 12.7. The van der Waals surface area contributed by atoms with Gasteiger partial charge in [0.05, 0.1) is 47.1 Å². The Bertz CT molecular complexity index is 1160. The molecular weight excluding hydrogens is 509 g/mol. The summed E-state index contributed by atoms with van der Waals surface area (Å²) in [4.78, 5) is 17.7. The normalized spacial score (nSPS) is 13.1. The van der Waals surface area contributed by atoms with Crippen LogP contribution in [0.25, 0.3) is 10.9 Å². The molecule has 10 heteroatoms. The lowest BCUT2D eigenvalue weighted by Crippen LogP contribution is -2.64. The molecule has 0 saturated heterocycles. The minimum Gasteiger partial charge on any atom is -0.426 e. The number of ether oxygens (including phenoxy) is 1. The molecule has 0 amide bonds. The Hall–Kier alpha value is -1.94. The first kappa shape index (κ1) is 36.3. The second-order valence-corrected chi connectivity index (χ2v) is 11.3. The van der Waals surface area contributed by atoms with Crippen LogP contribution in [0.2, 0.25) is 5.21 Å². The summed E-state index contributed by atoms with van der Waals surface area (Å²) in [6, 6.07) is 5.40. The third-order valence-electron chi connectivity index (χ3n) is 7.83. The van der Waals surface area contributed by atoms with Crippen LogP contribution in [0.3, 0.4) is 0 Å². The molecule has 0 saturated carbocycles. The van der Waals surface area contributed by atoms with E-state index in [0.29, 0.717) is 36.2 Å². The molecule has 0 atom stereocenters. The molecule has 0 aliphatic heterocycles. The van der Waals surface area contributed by atoms with E-state index < -0.39 is 15.8 Å². The Kier molecular flexibility index (Phi) is 15.0. The van der Waals surface area contributed by atoms with Crippen LogP contribution in [0, 0.1) is 0 Å². The number of esters is 1. The van der Waals surface area contributed by atoms with Crippen molar-refractivity contribution in [2.75, 3.05) is 13.1 Å².